The van der Waals surface area contributed by atoms with Crippen molar-refractivity contribution < 1.29 is 5.11 Å². The lowest BCUT2D eigenvalue weighted by Gasteiger charge is -2.26. The highest BCUT2D eigenvalue weighted by Gasteiger charge is 2.24. The van der Waals surface area contributed by atoms with E-state index in [1.807, 2.05) is 0 Å². The second-order valence-electron chi connectivity index (χ2n) is 7.32. The molecule has 120 valence electrons. The molecule has 1 aliphatic rings. The van der Waals surface area contributed by atoms with E-state index in [-0.39, 0.29) is 6.61 Å². The molecule has 0 aliphatic heterocycles. The van der Waals surface area contributed by atoms with Crippen LogP contribution in [0.15, 0.2) is 0 Å². The van der Waals surface area contributed by atoms with E-state index in [4.69, 9.17) is 0 Å². The predicted molar refractivity (Wildman–Crippen MR) is 87.0 cm³/mol. The van der Waals surface area contributed by atoms with E-state index < -0.39 is 0 Å². The van der Waals surface area contributed by atoms with Gasteiger partial charge in [-0.25, -0.2) is 0 Å². The molecule has 0 heterocycles. The number of aliphatic hydroxyl groups is 1. The van der Waals surface area contributed by atoms with Crippen LogP contribution >= 0.6 is 0 Å². The molecular weight excluding hydrogens is 248 g/mol. The average molecular weight is 284 g/mol. The summed E-state index contributed by atoms with van der Waals surface area (Å²) in [6.45, 7) is 13.0. The fourth-order valence-corrected chi connectivity index (χ4v) is 2.37. The van der Waals surface area contributed by atoms with E-state index in [9.17, 15) is 5.11 Å². The van der Waals surface area contributed by atoms with Crippen molar-refractivity contribution in [2.75, 3.05) is 26.2 Å². The van der Waals surface area contributed by atoms with E-state index in [1.165, 1.54) is 38.8 Å². The molecule has 1 saturated carbocycles. The van der Waals surface area contributed by atoms with Crippen LogP contribution in [0.2, 0.25) is 0 Å². The van der Waals surface area contributed by atoms with Gasteiger partial charge in [0.2, 0.25) is 0 Å². The number of nitrogens with zero attached hydrogens (tertiary/aromatic N) is 1. The third kappa shape index (κ3) is 8.93. The molecule has 0 saturated heterocycles. The molecule has 20 heavy (non-hydrogen) atoms. The quantitative estimate of drug-likeness (QED) is 0.578. The van der Waals surface area contributed by atoms with Crippen LogP contribution in [0.4, 0.5) is 0 Å². The maximum absolute atomic E-state index is 9.47. The van der Waals surface area contributed by atoms with Crippen LogP contribution in [-0.2, 0) is 0 Å². The molecule has 1 fully saturated rings. The van der Waals surface area contributed by atoms with Gasteiger partial charge in [0, 0.05) is 12.1 Å². The van der Waals surface area contributed by atoms with Crippen LogP contribution in [0.25, 0.3) is 0 Å². The van der Waals surface area contributed by atoms with Gasteiger partial charge in [-0.05, 0) is 63.6 Å². The van der Waals surface area contributed by atoms with Crippen LogP contribution in [0.3, 0.4) is 0 Å². The Hall–Kier alpha value is -0.120. The Balaban J connectivity index is 2.28. The summed E-state index contributed by atoms with van der Waals surface area (Å²) in [5, 5.41) is 13.0. The Labute approximate surface area is 126 Å². The van der Waals surface area contributed by atoms with Gasteiger partial charge in [-0.3, -0.25) is 0 Å². The zero-order chi connectivity index (χ0) is 15.0. The van der Waals surface area contributed by atoms with Crippen LogP contribution in [0.5, 0.6) is 0 Å². The topological polar surface area (TPSA) is 35.5 Å². The van der Waals surface area contributed by atoms with Crippen molar-refractivity contribution in [2.24, 2.45) is 11.8 Å². The van der Waals surface area contributed by atoms with E-state index >= 15 is 0 Å². The Morgan fingerprint density at radius 3 is 1.85 bits per heavy atom. The van der Waals surface area contributed by atoms with Gasteiger partial charge in [0.25, 0.3) is 0 Å². The first-order valence-corrected chi connectivity index (χ1v) is 8.60. The monoisotopic (exact) mass is 284 g/mol. The second-order valence-corrected chi connectivity index (χ2v) is 7.32. The Kier molecular flexibility index (Phi) is 8.74. The lowest BCUT2D eigenvalue weighted by Crippen LogP contribution is -2.38. The van der Waals surface area contributed by atoms with E-state index in [2.05, 4.69) is 37.9 Å². The van der Waals surface area contributed by atoms with Gasteiger partial charge in [-0.1, -0.05) is 27.7 Å². The first-order chi connectivity index (χ1) is 9.51. The summed E-state index contributed by atoms with van der Waals surface area (Å²) in [6, 6.07) is 0.982. The zero-order valence-corrected chi connectivity index (χ0v) is 14.1. The van der Waals surface area contributed by atoms with Crippen LogP contribution in [0.1, 0.15) is 59.8 Å². The molecule has 1 unspecified atom stereocenters. The summed E-state index contributed by atoms with van der Waals surface area (Å²) in [4.78, 5) is 2.59. The van der Waals surface area contributed by atoms with Gasteiger partial charge < -0.3 is 15.3 Å². The fraction of sp³-hybridized carbons (Fsp3) is 1.00. The van der Waals surface area contributed by atoms with Crippen molar-refractivity contribution in [1.82, 2.24) is 10.2 Å². The molecule has 2 N–H and O–H groups in total. The van der Waals surface area contributed by atoms with Gasteiger partial charge in [0.1, 0.15) is 0 Å². The average Bonchev–Trinajstić information content (AvgIpc) is 3.19. The predicted octanol–water partition coefficient (Wildman–Crippen LogP) is 2.88. The molecule has 0 aromatic rings. The largest absolute Gasteiger partial charge is 0.395 e. The molecule has 1 aliphatic carbocycles. The maximum atomic E-state index is 9.47. The molecule has 0 aromatic heterocycles. The zero-order valence-electron chi connectivity index (χ0n) is 14.1. The second kappa shape index (κ2) is 9.75. The highest BCUT2D eigenvalue weighted by atomic mass is 16.3. The van der Waals surface area contributed by atoms with Crippen molar-refractivity contribution in [3.8, 4) is 0 Å². The Morgan fingerprint density at radius 1 is 0.950 bits per heavy atom. The summed E-state index contributed by atoms with van der Waals surface area (Å²) < 4.78 is 0. The standard InChI is InChI=1S/C17H36N2O/c1-14(2)7-10-19(11-8-15(3)4)12-9-17(13-20)18-16-5-6-16/h14-18,20H,5-13H2,1-4H3. The molecule has 0 bridgehead atoms. The summed E-state index contributed by atoms with van der Waals surface area (Å²) in [6.07, 6.45) is 6.21. The van der Waals surface area contributed by atoms with E-state index in [0.29, 0.717) is 12.1 Å². The van der Waals surface area contributed by atoms with Crippen LogP contribution in [-0.4, -0.2) is 48.3 Å². The van der Waals surface area contributed by atoms with Gasteiger partial charge in [0.05, 0.1) is 6.61 Å². The van der Waals surface area contributed by atoms with Crippen molar-refractivity contribution in [1.29, 1.82) is 0 Å². The molecule has 1 atom stereocenters. The summed E-state index contributed by atoms with van der Waals surface area (Å²) in [5.74, 6) is 1.55. The summed E-state index contributed by atoms with van der Waals surface area (Å²) >= 11 is 0. The fourth-order valence-electron chi connectivity index (χ4n) is 2.37. The third-order valence-corrected chi connectivity index (χ3v) is 4.11. The lowest BCUT2D eigenvalue weighted by molar-refractivity contribution is 0.195. The van der Waals surface area contributed by atoms with E-state index in [0.717, 1.165) is 24.8 Å². The van der Waals surface area contributed by atoms with Gasteiger partial charge in [-0.15, -0.1) is 0 Å². The number of nitrogens with one attached hydrogen (secondary N) is 1. The SMILES string of the molecule is CC(C)CCN(CCC(C)C)CCC(CO)NC1CC1. The highest BCUT2D eigenvalue weighted by Crippen LogP contribution is 2.20. The van der Waals surface area contributed by atoms with Crippen molar-refractivity contribution >= 4 is 0 Å². The molecule has 0 aromatic carbocycles. The Morgan fingerprint density at radius 2 is 1.45 bits per heavy atom. The van der Waals surface area contributed by atoms with Crippen molar-refractivity contribution in [2.45, 2.75) is 71.9 Å². The molecule has 0 spiro atoms. The van der Waals surface area contributed by atoms with Gasteiger partial charge >= 0.3 is 0 Å². The maximum Gasteiger partial charge on any atom is 0.0585 e. The minimum Gasteiger partial charge on any atom is -0.395 e. The summed E-state index contributed by atoms with van der Waals surface area (Å²) in [5.41, 5.74) is 0. The molecule has 0 amide bonds. The first kappa shape index (κ1) is 17.9. The molecule has 1 rings (SSSR count). The van der Waals surface area contributed by atoms with Crippen molar-refractivity contribution in [3.63, 3.8) is 0 Å². The number of rotatable bonds is 12. The lowest BCUT2D eigenvalue weighted by atomic mass is 10.1. The number of hydrogen-bond donors (Lipinski definition) is 2. The van der Waals surface area contributed by atoms with E-state index in [1.54, 1.807) is 0 Å². The molecule has 3 nitrogen and oxygen atoms in total. The molecule has 0 radical (unpaired) electrons. The highest BCUT2D eigenvalue weighted by molar-refractivity contribution is 4.85. The minimum atomic E-state index is 0.276. The molecular formula is C17H36N2O. The van der Waals surface area contributed by atoms with Crippen LogP contribution in [0, 0.1) is 11.8 Å². The first-order valence-electron chi connectivity index (χ1n) is 8.60. The smallest absolute Gasteiger partial charge is 0.0585 e. The summed E-state index contributed by atoms with van der Waals surface area (Å²) in [7, 11) is 0. The Bertz CT molecular complexity index is 227. The normalized spacial score (nSPS) is 17.4. The molecule has 3 heteroatoms. The van der Waals surface area contributed by atoms with Crippen molar-refractivity contribution in [3.05, 3.63) is 0 Å². The minimum absolute atomic E-state index is 0.276. The number of aliphatic hydroxyl groups excluding tert-OH is 1. The number of hydrogen-bond acceptors (Lipinski definition) is 3. The van der Waals surface area contributed by atoms with Gasteiger partial charge in [-0.2, -0.15) is 0 Å². The van der Waals surface area contributed by atoms with Crippen LogP contribution < -0.4 is 5.32 Å². The van der Waals surface area contributed by atoms with Gasteiger partial charge in [0.15, 0.2) is 0 Å². The third-order valence-electron chi connectivity index (χ3n) is 4.11.